The van der Waals surface area contributed by atoms with Crippen LogP contribution in [0.5, 0.6) is 5.75 Å². The van der Waals surface area contributed by atoms with E-state index >= 15 is 0 Å². The number of thioether (sulfide) groups is 1. The number of rotatable bonds is 5. The molecule has 1 amide bonds. The zero-order chi connectivity index (χ0) is 16.9. The molecule has 1 saturated heterocycles. The van der Waals surface area contributed by atoms with Crippen LogP contribution in [-0.2, 0) is 11.2 Å². The molecule has 5 heteroatoms. The van der Waals surface area contributed by atoms with Crippen LogP contribution in [0.2, 0.25) is 0 Å². The molecule has 0 aliphatic carbocycles. The highest BCUT2D eigenvalue weighted by molar-refractivity contribution is 8.05. The number of methoxy groups -OCH3 is 1. The largest absolute Gasteiger partial charge is 0.497 e. The van der Waals surface area contributed by atoms with Crippen molar-refractivity contribution in [1.29, 1.82) is 0 Å². The van der Waals surface area contributed by atoms with E-state index in [0.717, 1.165) is 23.4 Å². The summed E-state index contributed by atoms with van der Waals surface area (Å²) in [6.45, 7) is 2.13. The Kier molecular flexibility index (Phi) is 5.11. The van der Waals surface area contributed by atoms with Gasteiger partial charge in [0.1, 0.15) is 5.75 Å². The van der Waals surface area contributed by atoms with Gasteiger partial charge in [0.2, 0.25) is 0 Å². The Hall–Kier alpha value is -2.40. The average Bonchev–Trinajstić information content (AvgIpc) is 2.95. The maximum absolute atomic E-state index is 12.1. The Labute approximate surface area is 146 Å². The zero-order valence-corrected chi connectivity index (χ0v) is 14.5. The number of ether oxygens (including phenoxy) is 1. The van der Waals surface area contributed by atoms with Gasteiger partial charge in [0.05, 0.1) is 12.0 Å². The van der Waals surface area contributed by atoms with E-state index in [1.807, 2.05) is 42.5 Å². The van der Waals surface area contributed by atoms with Crippen molar-refractivity contribution in [3.05, 3.63) is 64.6 Å². The van der Waals surface area contributed by atoms with E-state index in [9.17, 15) is 4.79 Å². The Morgan fingerprint density at radius 1 is 1.17 bits per heavy atom. The van der Waals surface area contributed by atoms with Crippen LogP contribution in [0.25, 0.3) is 6.08 Å². The molecule has 3 rings (SSSR count). The second kappa shape index (κ2) is 7.45. The molecule has 2 aromatic carbocycles. The van der Waals surface area contributed by atoms with Crippen molar-refractivity contribution in [3.63, 3.8) is 0 Å². The van der Waals surface area contributed by atoms with Gasteiger partial charge >= 0.3 is 0 Å². The van der Waals surface area contributed by atoms with Crippen LogP contribution in [0, 0.1) is 0 Å². The lowest BCUT2D eigenvalue weighted by atomic mass is 10.1. The minimum absolute atomic E-state index is 0.0569. The number of hydrogen-bond acceptors (Lipinski definition) is 4. The summed E-state index contributed by atoms with van der Waals surface area (Å²) < 4.78 is 5.14. The fourth-order valence-electron chi connectivity index (χ4n) is 2.40. The minimum atomic E-state index is -0.158. The van der Waals surface area contributed by atoms with Gasteiger partial charge in [0.25, 0.3) is 5.91 Å². The number of hydrogen-bond donors (Lipinski definition) is 2. The quantitative estimate of drug-likeness (QED) is 0.812. The summed E-state index contributed by atoms with van der Waals surface area (Å²) in [5, 5.41) is 6.27. The van der Waals surface area contributed by atoms with Gasteiger partial charge in [0, 0.05) is 5.69 Å². The molecule has 2 N–H and O–H groups in total. The summed E-state index contributed by atoms with van der Waals surface area (Å²) in [7, 11) is 1.64. The van der Waals surface area contributed by atoms with Crippen LogP contribution in [0.1, 0.15) is 18.1 Å². The van der Waals surface area contributed by atoms with Gasteiger partial charge in [-0.1, -0.05) is 43.0 Å². The highest BCUT2D eigenvalue weighted by Gasteiger charge is 2.26. The van der Waals surface area contributed by atoms with E-state index in [1.165, 1.54) is 17.3 Å². The molecule has 1 aliphatic rings. The molecular weight excluding hydrogens is 320 g/mol. The van der Waals surface area contributed by atoms with Crippen molar-refractivity contribution in [1.82, 2.24) is 5.32 Å². The van der Waals surface area contributed by atoms with Crippen LogP contribution < -0.4 is 15.4 Å². The molecule has 1 atom stereocenters. The van der Waals surface area contributed by atoms with E-state index in [-0.39, 0.29) is 11.4 Å². The number of carbonyl (C=O) groups is 1. The number of benzene rings is 2. The van der Waals surface area contributed by atoms with Crippen LogP contribution >= 0.6 is 11.8 Å². The summed E-state index contributed by atoms with van der Waals surface area (Å²) in [5.74, 6) is 0.745. The molecule has 124 valence electrons. The molecule has 0 saturated carbocycles. The first kappa shape index (κ1) is 16.5. The fraction of sp³-hybridized carbons (Fsp3) is 0.211. The molecule has 4 nitrogen and oxygen atoms in total. The molecular formula is C19H20N2O2S. The molecule has 1 heterocycles. The van der Waals surface area contributed by atoms with E-state index < -0.39 is 0 Å². The smallest absolute Gasteiger partial charge is 0.260 e. The monoisotopic (exact) mass is 340 g/mol. The third kappa shape index (κ3) is 3.92. The first-order valence-electron chi connectivity index (χ1n) is 7.86. The highest BCUT2D eigenvalue weighted by Crippen LogP contribution is 2.30. The molecule has 0 spiro atoms. The van der Waals surface area contributed by atoms with Gasteiger partial charge in [-0.3, -0.25) is 4.79 Å². The lowest BCUT2D eigenvalue weighted by Gasteiger charge is -2.12. The zero-order valence-electron chi connectivity index (χ0n) is 13.7. The van der Waals surface area contributed by atoms with Gasteiger partial charge < -0.3 is 15.4 Å². The number of carbonyl (C=O) groups excluding carboxylic acids is 1. The third-order valence-corrected chi connectivity index (χ3v) is 4.83. The molecule has 0 unspecified atom stereocenters. The fourth-order valence-corrected chi connectivity index (χ4v) is 3.39. The molecule has 0 bridgehead atoms. The van der Waals surface area contributed by atoms with E-state index in [4.69, 9.17) is 4.74 Å². The Bertz CT molecular complexity index is 739. The van der Waals surface area contributed by atoms with E-state index in [0.29, 0.717) is 4.91 Å². The van der Waals surface area contributed by atoms with Crippen molar-refractivity contribution >= 4 is 29.4 Å². The third-order valence-electron chi connectivity index (χ3n) is 3.80. The van der Waals surface area contributed by atoms with Crippen LogP contribution in [0.15, 0.2) is 53.4 Å². The number of anilines is 1. The predicted molar refractivity (Wildman–Crippen MR) is 99.9 cm³/mol. The number of aryl methyl sites for hydroxylation is 1. The predicted octanol–water partition coefficient (Wildman–Crippen LogP) is 3.86. The topological polar surface area (TPSA) is 50.4 Å². The van der Waals surface area contributed by atoms with Gasteiger partial charge in [-0.2, -0.15) is 0 Å². The molecule has 24 heavy (non-hydrogen) atoms. The SMILES string of the molecule is CCc1ccc(N[C@@H]2NC(=O)/C(=C/c3ccc(OC)cc3)S2)cc1. The van der Waals surface area contributed by atoms with Crippen molar-refractivity contribution in [2.24, 2.45) is 0 Å². The molecule has 1 aliphatic heterocycles. The summed E-state index contributed by atoms with van der Waals surface area (Å²) in [5.41, 5.74) is 3.11. The molecule has 1 fully saturated rings. The molecule has 0 aromatic heterocycles. The molecule has 0 radical (unpaired) electrons. The van der Waals surface area contributed by atoms with Gasteiger partial charge in [-0.25, -0.2) is 0 Å². The van der Waals surface area contributed by atoms with Crippen molar-refractivity contribution in [2.75, 3.05) is 12.4 Å². The first-order chi connectivity index (χ1) is 11.7. The van der Waals surface area contributed by atoms with E-state index in [1.54, 1.807) is 7.11 Å². The standard InChI is InChI=1S/C19H20N2O2S/c1-3-13-4-8-15(9-5-13)20-19-21-18(22)17(24-19)12-14-6-10-16(23-2)11-7-14/h4-12,19-20H,3H2,1-2H3,(H,21,22)/b17-12-/t19-/m1/s1. The Balaban J connectivity index is 1.66. The van der Waals surface area contributed by atoms with E-state index in [2.05, 4.69) is 29.7 Å². The van der Waals surface area contributed by atoms with Crippen molar-refractivity contribution in [2.45, 2.75) is 18.8 Å². The van der Waals surface area contributed by atoms with Gasteiger partial charge in [0.15, 0.2) is 5.50 Å². The summed E-state index contributed by atoms with van der Waals surface area (Å²) in [6, 6.07) is 15.9. The lowest BCUT2D eigenvalue weighted by molar-refractivity contribution is -0.116. The maximum Gasteiger partial charge on any atom is 0.260 e. The Morgan fingerprint density at radius 3 is 2.50 bits per heavy atom. The summed E-state index contributed by atoms with van der Waals surface area (Å²) in [6.07, 6.45) is 2.91. The van der Waals surface area contributed by atoms with Crippen LogP contribution in [0.3, 0.4) is 0 Å². The first-order valence-corrected chi connectivity index (χ1v) is 8.74. The van der Waals surface area contributed by atoms with Crippen LogP contribution in [-0.4, -0.2) is 18.5 Å². The van der Waals surface area contributed by atoms with Crippen molar-refractivity contribution < 1.29 is 9.53 Å². The summed E-state index contributed by atoms with van der Waals surface area (Å²) in [4.78, 5) is 12.8. The van der Waals surface area contributed by atoms with Gasteiger partial charge in [-0.05, 0) is 47.9 Å². The maximum atomic E-state index is 12.1. The molecule has 2 aromatic rings. The van der Waals surface area contributed by atoms with Gasteiger partial charge in [-0.15, -0.1) is 0 Å². The summed E-state index contributed by atoms with van der Waals surface area (Å²) >= 11 is 1.49. The lowest BCUT2D eigenvalue weighted by Crippen LogP contribution is -2.30. The second-order valence-electron chi connectivity index (χ2n) is 5.45. The minimum Gasteiger partial charge on any atom is -0.497 e. The van der Waals surface area contributed by atoms with Crippen LogP contribution in [0.4, 0.5) is 5.69 Å². The number of nitrogens with one attached hydrogen (secondary N) is 2. The normalized spacial score (nSPS) is 18.5. The number of amides is 1. The second-order valence-corrected chi connectivity index (χ2v) is 6.59. The highest BCUT2D eigenvalue weighted by atomic mass is 32.2. The average molecular weight is 340 g/mol. The van der Waals surface area contributed by atoms with Crippen molar-refractivity contribution in [3.8, 4) is 5.75 Å². The Morgan fingerprint density at radius 2 is 1.88 bits per heavy atom.